The first-order valence-electron chi connectivity index (χ1n) is 5.83. The smallest absolute Gasteiger partial charge is 0.0765 e. The summed E-state index contributed by atoms with van der Waals surface area (Å²) >= 11 is 3.60. The molecule has 3 rings (SSSR count). The van der Waals surface area contributed by atoms with Crippen molar-refractivity contribution in [3.05, 3.63) is 51.8 Å². The molecule has 17 heavy (non-hydrogen) atoms. The van der Waals surface area contributed by atoms with Crippen LogP contribution in [0.1, 0.15) is 29.8 Å². The van der Waals surface area contributed by atoms with Gasteiger partial charge in [0.05, 0.1) is 22.4 Å². The number of rotatable bonds is 2. The molecule has 1 aromatic heterocycles. The number of aryl methyl sites for hydroxylation is 1. The van der Waals surface area contributed by atoms with Crippen LogP contribution >= 0.6 is 15.9 Å². The molecule has 1 unspecified atom stereocenters. The second-order valence-electron chi connectivity index (χ2n) is 4.21. The molecule has 3 nitrogen and oxygen atoms in total. The first-order chi connectivity index (χ1) is 8.31. The first-order valence-corrected chi connectivity index (χ1v) is 6.63. The number of hydrogen-bond acceptors (Lipinski definition) is 2. The zero-order chi connectivity index (χ0) is 11.8. The molecule has 1 aromatic carbocycles. The lowest BCUT2D eigenvalue weighted by molar-refractivity contribution is 0.557. The van der Waals surface area contributed by atoms with E-state index in [1.165, 1.54) is 16.8 Å². The molecular weight excluding hydrogens is 278 g/mol. The molecule has 1 aliphatic heterocycles. The van der Waals surface area contributed by atoms with Crippen LogP contribution < -0.4 is 5.32 Å². The molecule has 0 fully saturated rings. The van der Waals surface area contributed by atoms with Crippen molar-refractivity contribution in [1.29, 1.82) is 0 Å². The molecule has 2 heterocycles. The predicted molar refractivity (Wildman–Crippen MR) is 70.7 cm³/mol. The zero-order valence-corrected chi connectivity index (χ0v) is 11.2. The molecule has 0 aliphatic carbocycles. The molecule has 2 aromatic rings. The monoisotopic (exact) mass is 291 g/mol. The third-order valence-electron chi connectivity index (χ3n) is 3.27. The van der Waals surface area contributed by atoms with E-state index in [4.69, 9.17) is 0 Å². The van der Waals surface area contributed by atoms with E-state index in [0.29, 0.717) is 0 Å². The predicted octanol–water partition coefficient (Wildman–Crippen LogP) is 2.86. The van der Waals surface area contributed by atoms with Crippen LogP contribution in [-0.4, -0.2) is 9.78 Å². The summed E-state index contributed by atoms with van der Waals surface area (Å²) in [4.78, 5) is 0. The van der Waals surface area contributed by atoms with Crippen LogP contribution in [0.25, 0.3) is 0 Å². The van der Waals surface area contributed by atoms with Gasteiger partial charge in [-0.15, -0.1) is 0 Å². The van der Waals surface area contributed by atoms with Crippen molar-refractivity contribution in [3.8, 4) is 0 Å². The number of hydrogen-bond donors (Lipinski definition) is 1. The molecule has 0 radical (unpaired) electrons. The van der Waals surface area contributed by atoms with E-state index >= 15 is 0 Å². The van der Waals surface area contributed by atoms with Gasteiger partial charge in [0.2, 0.25) is 0 Å². The minimum Gasteiger partial charge on any atom is -0.301 e. The van der Waals surface area contributed by atoms with Crippen LogP contribution in [0.15, 0.2) is 34.9 Å². The molecule has 1 aliphatic rings. The Hall–Kier alpha value is -1.13. The molecule has 4 heteroatoms. The second kappa shape index (κ2) is 4.27. The van der Waals surface area contributed by atoms with Crippen LogP contribution in [0.3, 0.4) is 0 Å². The van der Waals surface area contributed by atoms with Crippen molar-refractivity contribution < 1.29 is 0 Å². The van der Waals surface area contributed by atoms with Gasteiger partial charge in [-0.3, -0.25) is 4.68 Å². The fraction of sp³-hybridized carbons (Fsp3) is 0.308. The highest BCUT2D eigenvalue weighted by molar-refractivity contribution is 9.10. The molecule has 0 spiro atoms. The topological polar surface area (TPSA) is 29.9 Å². The summed E-state index contributed by atoms with van der Waals surface area (Å²) in [6.45, 7) is 3.94. The highest BCUT2D eigenvalue weighted by atomic mass is 79.9. The van der Waals surface area contributed by atoms with Crippen molar-refractivity contribution in [1.82, 2.24) is 15.1 Å². The number of halogens is 1. The molecule has 0 saturated carbocycles. The van der Waals surface area contributed by atoms with Gasteiger partial charge in [-0.25, -0.2) is 0 Å². The Kier molecular flexibility index (Phi) is 2.76. The van der Waals surface area contributed by atoms with E-state index in [0.717, 1.165) is 17.6 Å². The number of nitrogens with one attached hydrogen (secondary N) is 1. The zero-order valence-electron chi connectivity index (χ0n) is 9.65. The fourth-order valence-electron chi connectivity index (χ4n) is 2.45. The van der Waals surface area contributed by atoms with Crippen LogP contribution in [0, 0.1) is 0 Å². The van der Waals surface area contributed by atoms with E-state index in [-0.39, 0.29) is 6.04 Å². The Balaban J connectivity index is 2.09. The molecular formula is C13H14BrN3. The Labute approximate surface area is 109 Å². The number of fused-ring (bicyclic) bond motifs is 1. The van der Waals surface area contributed by atoms with Gasteiger partial charge in [-0.05, 0) is 34.0 Å². The van der Waals surface area contributed by atoms with Gasteiger partial charge >= 0.3 is 0 Å². The summed E-state index contributed by atoms with van der Waals surface area (Å²) in [5.74, 6) is 0. The van der Waals surface area contributed by atoms with E-state index in [9.17, 15) is 0 Å². The Bertz CT molecular complexity index is 547. The molecule has 88 valence electrons. The lowest BCUT2D eigenvalue weighted by Gasteiger charge is -2.14. The summed E-state index contributed by atoms with van der Waals surface area (Å²) in [6, 6.07) is 8.82. The fourth-order valence-corrected chi connectivity index (χ4v) is 2.98. The van der Waals surface area contributed by atoms with E-state index in [1.807, 2.05) is 10.9 Å². The van der Waals surface area contributed by atoms with E-state index < -0.39 is 0 Å². The van der Waals surface area contributed by atoms with Crippen molar-refractivity contribution in [3.63, 3.8) is 0 Å². The average molecular weight is 292 g/mol. The summed E-state index contributed by atoms with van der Waals surface area (Å²) < 4.78 is 3.12. The maximum atomic E-state index is 4.38. The largest absolute Gasteiger partial charge is 0.301 e. The van der Waals surface area contributed by atoms with Gasteiger partial charge in [0, 0.05) is 13.1 Å². The van der Waals surface area contributed by atoms with Crippen LogP contribution in [0.2, 0.25) is 0 Å². The Morgan fingerprint density at radius 1 is 1.47 bits per heavy atom. The summed E-state index contributed by atoms with van der Waals surface area (Å²) in [5, 5.41) is 7.93. The highest BCUT2D eigenvalue weighted by Crippen LogP contribution is 2.34. The van der Waals surface area contributed by atoms with Gasteiger partial charge in [-0.2, -0.15) is 5.10 Å². The lowest BCUT2D eigenvalue weighted by Crippen LogP contribution is -2.18. The third kappa shape index (κ3) is 1.72. The van der Waals surface area contributed by atoms with Crippen LogP contribution in [0.4, 0.5) is 0 Å². The quantitative estimate of drug-likeness (QED) is 0.922. The molecule has 0 amide bonds. The van der Waals surface area contributed by atoms with E-state index in [1.54, 1.807) is 0 Å². The summed E-state index contributed by atoms with van der Waals surface area (Å²) in [6.07, 6.45) is 1.88. The van der Waals surface area contributed by atoms with Gasteiger partial charge in [-0.1, -0.05) is 24.3 Å². The lowest BCUT2D eigenvalue weighted by atomic mass is 10.0. The second-order valence-corrected chi connectivity index (χ2v) is 5.06. The van der Waals surface area contributed by atoms with Crippen molar-refractivity contribution in [2.75, 3.05) is 0 Å². The number of aromatic nitrogens is 2. The molecule has 0 bridgehead atoms. The first kappa shape index (κ1) is 11.0. The minimum absolute atomic E-state index is 0.253. The van der Waals surface area contributed by atoms with Crippen LogP contribution in [0.5, 0.6) is 0 Å². The Morgan fingerprint density at radius 2 is 2.29 bits per heavy atom. The standard InChI is InChI=1S/C13H14BrN3/c1-2-17-13(11(14)8-16-17)12-10-6-4-3-5-9(10)7-15-12/h3-6,8,12,15H,2,7H2,1H3. The normalized spacial score (nSPS) is 18.4. The molecule has 1 atom stereocenters. The average Bonchev–Trinajstić information content (AvgIpc) is 2.92. The maximum Gasteiger partial charge on any atom is 0.0765 e. The maximum absolute atomic E-state index is 4.38. The van der Waals surface area contributed by atoms with Gasteiger partial charge < -0.3 is 5.32 Å². The number of nitrogens with zero attached hydrogens (tertiary/aromatic N) is 2. The SMILES string of the molecule is CCn1ncc(Br)c1C1NCc2ccccc21. The minimum atomic E-state index is 0.253. The third-order valence-corrected chi connectivity index (χ3v) is 3.88. The highest BCUT2D eigenvalue weighted by Gasteiger charge is 2.27. The molecule has 1 N–H and O–H groups in total. The Morgan fingerprint density at radius 3 is 3.12 bits per heavy atom. The summed E-state index contributed by atoms with van der Waals surface area (Å²) in [7, 11) is 0. The van der Waals surface area contributed by atoms with Crippen molar-refractivity contribution in [2.24, 2.45) is 0 Å². The molecule has 0 saturated heterocycles. The van der Waals surface area contributed by atoms with E-state index in [2.05, 4.69) is 57.5 Å². The van der Waals surface area contributed by atoms with Crippen molar-refractivity contribution in [2.45, 2.75) is 26.1 Å². The van der Waals surface area contributed by atoms with Gasteiger partial charge in [0.15, 0.2) is 0 Å². The van der Waals surface area contributed by atoms with Crippen molar-refractivity contribution >= 4 is 15.9 Å². The summed E-state index contributed by atoms with van der Waals surface area (Å²) in [5.41, 5.74) is 3.97. The van der Waals surface area contributed by atoms with Gasteiger partial charge in [0.1, 0.15) is 0 Å². The van der Waals surface area contributed by atoms with Crippen LogP contribution in [-0.2, 0) is 13.1 Å². The van der Waals surface area contributed by atoms with Gasteiger partial charge in [0.25, 0.3) is 0 Å². The number of benzene rings is 1.